The van der Waals surface area contributed by atoms with Crippen LogP contribution in [-0.4, -0.2) is 36.2 Å². The molecule has 122 valence electrons. The molecule has 1 fully saturated rings. The van der Waals surface area contributed by atoms with Crippen LogP contribution in [0.5, 0.6) is 0 Å². The van der Waals surface area contributed by atoms with Gasteiger partial charge in [0.15, 0.2) is 0 Å². The van der Waals surface area contributed by atoms with Gasteiger partial charge in [-0.3, -0.25) is 0 Å². The number of carbonyl (C=O) groups is 1. The molecule has 5 heteroatoms. The molecule has 1 amide bonds. The quantitative estimate of drug-likeness (QED) is 0.853. The fourth-order valence-corrected chi connectivity index (χ4v) is 2.82. The zero-order chi connectivity index (χ0) is 16.2. The first-order chi connectivity index (χ1) is 10.3. The van der Waals surface area contributed by atoms with Crippen molar-refractivity contribution < 1.29 is 9.53 Å². The predicted molar refractivity (Wildman–Crippen MR) is 93.2 cm³/mol. The molecule has 1 aliphatic heterocycles. The molecule has 0 radical (unpaired) electrons. The van der Waals surface area contributed by atoms with Crippen LogP contribution in [0.25, 0.3) is 0 Å². The van der Waals surface area contributed by atoms with Gasteiger partial charge in [0.2, 0.25) is 0 Å². The van der Waals surface area contributed by atoms with Crippen molar-refractivity contribution in [2.45, 2.75) is 39.2 Å². The normalized spacial score (nSPS) is 18.9. The second-order valence-corrected chi connectivity index (χ2v) is 7.74. The van der Waals surface area contributed by atoms with Crippen LogP contribution in [0.1, 0.15) is 33.6 Å². The molecule has 0 aliphatic carbocycles. The highest BCUT2D eigenvalue weighted by Crippen LogP contribution is 2.21. The molecule has 1 aromatic rings. The van der Waals surface area contributed by atoms with E-state index < -0.39 is 5.60 Å². The number of nitrogens with one attached hydrogen (secondary N) is 1. The van der Waals surface area contributed by atoms with Gasteiger partial charge in [0, 0.05) is 29.8 Å². The van der Waals surface area contributed by atoms with E-state index in [0.717, 1.165) is 42.6 Å². The molecular formula is C17H25BrN2O2. The minimum absolute atomic E-state index is 0.194. The number of amides is 1. The lowest BCUT2D eigenvalue weighted by molar-refractivity contribution is 0.0172. The zero-order valence-corrected chi connectivity index (χ0v) is 15.1. The summed E-state index contributed by atoms with van der Waals surface area (Å²) in [5.41, 5.74) is 0.678. The summed E-state index contributed by atoms with van der Waals surface area (Å²) in [6.45, 7) is 8.15. The van der Waals surface area contributed by atoms with Crippen LogP contribution >= 0.6 is 15.9 Å². The molecule has 1 atom stereocenters. The van der Waals surface area contributed by atoms with Crippen molar-refractivity contribution in [3.63, 3.8) is 0 Å². The highest BCUT2D eigenvalue weighted by molar-refractivity contribution is 9.10. The summed E-state index contributed by atoms with van der Waals surface area (Å²) in [5, 5.41) is 3.45. The highest BCUT2D eigenvalue weighted by atomic mass is 79.9. The third-order valence-corrected chi connectivity index (χ3v) is 4.14. The maximum absolute atomic E-state index is 12.1. The zero-order valence-electron chi connectivity index (χ0n) is 13.6. The molecular weight excluding hydrogens is 344 g/mol. The van der Waals surface area contributed by atoms with Crippen molar-refractivity contribution >= 4 is 27.7 Å². The van der Waals surface area contributed by atoms with E-state index in [-0.39, 0.29) is 6.09 Å². The number of likely N-dealkylation sites (tertiary alicyclic amines) is 1. The van der Waals surface area contributed by atoms with Gasteiger partial charge < -0.3 is 15.0 Å². The monoisotopic (exact) mass is 368 g/mol. The number of benzene rings is 1. The fraction of sp³-hybridized carbons (Fsp3) is 0.588. The van der Waals surface area contributed by atoms with Gasteiger partial charge in [-0.1, -0.05) is 15.9 Å². The van der Waals surface area contributed by atoms with E-state index in [1.807, 2.05) is 37.8 Å². The Morgan fingerprint density at radius 1 is 1.36 bits per heavy atom. The van der Waals surface area contributed by atoms with Gasteiger partial charge in [-0.2, -0.15) is 0 Å². The van der Waals surface area contributed by atoms with Crippen LogP contribution in [0.2, 0.25) is 0 Å². The SMILES string of the molecule is CC(C)(C)OC(=O)N1CCC[C@H](CNc2ccc(Br)cc2)C1. The van der Waals surface area contributed by atoms with Crippen LogP contribution in [0.3, 0.4) is 0 Å². The van der Waals surface area contributed by atoms with E-state index in [0.29, 0.717) is 5.92 Å². The Labute approximate surface area is 141 Å². The molecule has 4 nitrogen and oxygen atoms in total. The molecule has 0 aromatic heterocycles. The predicted octanol–water partition coefficient (Wildman–Crippen LogP) is 4.51. The number of anilines is 1. The molecule has 1 saturated heterocycles. The number of carbonyl (C=O) groups excluding carboxylic acids is 1. The van der Waals surface area contributed by atoms with E-state index in [4.69, 9.17) is 4.74 Å². The highest BCUT2D eigenvalue weighted by Gasteiger charge is 2.27. The van der Waals surface area contributed by atoms with E-state index in [2.05, 4.69) is 33.4 Å². The molecule has 2 rings (SSSR count). The van der Waals surface area contributed by atoms with E-state index in [9.17, 15) is 4.79 Å². The minimum atomic E-state index is -0.431. The summed E-state index contributed by atoms with van der Waals surface area (Å²) in [6.07, 6.45) is 1.98. The number of nitrogens with zero attached hydrogens (tertiary/aromatic N) is 1. The van der Waals surface area contributed by atoms with Crippen molar-refractivity contribution in [3.05, 3.63) is 28.7 Å². The standard InChI is InChI=1S/C17H25BrN2O2/c1-17(2,3)22-16(21)20-10-4-5-13(12-20)11-19-15-8-6-14(18)7-9-15/h6-9,13,19H,4-5,10-12H2,1-3H3/t13-/m1/s1. The third kappa shape index (κ3) is 5.52. The summed E-state index contributed by atoms with van der Waals surface area (Å²) >= 11 is 3.43. The number of rotatable bonds is 3. The molecule has 0 unspecified atom stereocenters. The number of piperidine rings is 1. The lowest BCUT2D eigenvalue weighted by Gasteiger charge is -2.34. The third-order valence-electron chi connectivity index (χ3n) is 3.61. The largest absolute Gasteiger partial charge is 0.444 e. The molecule has 0 saturated carbocycles. The number of hydrogen-bond donors (Lipinski definition) is 1. The van der Waals surface area contributed by atoms with E-state index in [1.54, 1.807) is 0 Å². The van der Waals surface area contributed by atoms with Crippen LogP contribution in [0.15, 0.2) is 28.7 Å². The van der Waals surface area contributed by atoms with Crippen molar-refractivity contribution in [2.24, 2.45) is 5.92 Å². The van der Waals surface area contributed by atoms with Crippen molar-refractivity contribution in [1.29, 1.82) is 0 Å². The molecule has 0 bridgehead atoms. The first-order valence-corrected chi connectivity index (χ1v) is 8.60. The van der Waals surface area contributed by atoms with Crippen molar-refractivity contribution in [1.82, 2.24) is 4.90 Å². The lowest BCUT2D eigenvalue weighted by atomic mass is 9.98. The Bertz CT molecular complexity index is 496. The average Bonchev–Trinajstić information content (AvgIpc) is 2.45. The van der Waals surface area contributed by atoms with Gasteiger partial charge >= 0.3 is 6.09 Å². The molecule has 1 aliphatic rings. The second kappa shape index (κ2) is 7.36. The average molecular weight is 369 g/mol. The molecule has 0 spiro atoms. The Morgan fingerprint density at radius 3 is 2.68 bits per heavy atom. The van der Waals surface area contributed by atoms with Crippen LogP contribution in [0.4, 0.5) is 10.5 Å². The number of ether oxygens (including phenoxy) is 1. The van der Waals surface area contributed by atoms with Gasteiger partial charge in [0.05, 0.1) is 0 Å². The van der Waals surface area contributed by atoms with E-state index >= 15 is 0 Å². The van der Waals surface area contributed by atoms with Gasteiger partial charge in [-0.15, -0.1) is 0 Å². The van der Waals surface area contributed by atoms with E-state index in [1.165, 1.54) is 0 Å². The smallest absolute Gasteiger partial charge is 0.410 e. The molecule has 1 aromatic carbocycles. The summed E-state index contributed by atoms with van der Waals surface area (Å²) < 4.78 is 6.54. The van der Waals surface area contributed by atoms with Gasteiger partial charge in [0.25, 0.3) is 0 Å². The summed E-state index contributed by atoms with van der Waals surface area (Å²) in [5.74, 6) is 0.463. The fourth-order valence-electron chi connectivity index (χ4n) is 2.55. The summed E-state index contributed by atoms with van der Waals surface area (Å²) in [6, 6.07) is 8.16. The van der Waals surface area contributed by atoms with Crippen molar-refractivity contribution in [3.8, 4) is 0 Å². The topological polar surface area (TPSA) is 41.6 Å². The van der Waals surface area contributed by atoms with Gasteiger partial charge in [0.1, 0.15) is 5.60 Å². The maximum atomic E-state index is 12.1. The first kappa shape index (κ1) is 17.1. The Morgan fingerprint density at radius 2 is 2.05 bits per heavy atom. The van der Waals surface area contributed by atoms with Crippen LogP contribution < -0.4 is 5.32 Å². The first-order valence-electron chi connectivity index (χ1n) is 7.81. The number of hydrogen-bond acceptors (Lipinski definition) is 3. The Hall–Kier alpha value is -1.23. The lowest BCUT2D eigenvalue weighted by Crippen LogP contribution is -2.44. The Kier molecular flexibility index (Phi) is 5.73. The minimum Gasteiger partial charge on any atom is -0.444 e. The number of halogens is 1. The Balaban J connectivity index is 1.82. The van der Waals surface area contributed by atoms with Crippen LogP contribution in [0, 0.1) is 5.92 Å². The molecule has 1 N–H and O–H groups in total. The van der Waals surface area contributed by atoms with Crippen molar-refractivity contribution in [2.75, 3.05) is 25.0 Å². The van der Waals surface area contributed by atoms with Gasteiger partial charge in [-0.25, -0.2) is 4.79 Å². The summed E-state index contributed by atoms with van der Waals surface area (Å²) in [7, 11) is 0. The molecule has 22 heavy (non-hydrogen) atoms. The second-order valence-electron chi connectivity index (χ2n) is 6.82. The van der Waals surface area contributed by atoms with Gasteiger partial charge in [-0.05, 0) is 63.8 Å². The maximum Gasteiger partial charge on any atom is 0.410 e. The summed E-state index contributed by atoms with van der Waals surface area (Å²) in [4.78, 5) is 14.0. The molecule has 1 heterocycles. The van der Waals surface area contributed by atoms with Crippen LogP contribution in [-0.2, 0) is 4.74 Å².